The Morgan fingerprint density at radius 1 is 1.35 bits per heavy atom. The highest BCUT2D eigenvalue weighted by Crippen LogP contribution is 2.24. The van der Waals surface area contributed by atoms with Crippen molar-refractivity contribution in [3.05, 3.63) is 16.9 Å². The van der Waals surface area contributed by atoms with Crippen molar-refractivity contribution in [1.82, 2.24) is 19.8 Å². The minimum Gasteiger partial charge on any atom is -0.341 e. The fraction of sp³-hybridized carbons (Fsp3) is 0.688. The van der Waals surface area contributed by atoms with Gasteiger partial charge in [-0.2, -0.15) is 0 Å². The molecule has 1 saturated heterocycles. The number of likely N-dealkylation sites (tertiary alicyclic amines) is 1. The lowest BCUT2D eigenvalue weighted by Crippen LogP contribution is -2.36. The van der Waals surface area contributed by atoms with Gasteiger partial charge in [-0.15, -0.1) is 0 Å². The maximum Gasteiger partial charge on any atom is 0.274 e. The smallest absolute Gasteiger partial charge is 0.274 e. The van der Waals surface area contributed by atoms with Gasteiger partial charge in [0.05, 0.1) is 11.2 Å². The van der Waals surface area contributed by atoms with Gasteiger partial charge >= 0.3 is 0 Å². The molecule has 1 aromatic heterocycles. The van der Waals surface area contributed by atoms with E-state index in [0.717, 1.165) is 19.6 Å². The number of carbonyl (C=O) groups excluding carboxylic acids is 1. The summed E-state index contributed by atoms with van der Waals surface area (Å²) in [6, 6.07) is 0.363. The average Bonchev–Trinajstić information content (AvgIpc) is 2.91. The Hall–Kier alpha value is -1.40. The van der Waals surface area contributed by atoms with Crippen LogP contribution in [0.4, 0.5) is 5.95 Å². The molecule has 23 heavy (non-hydrogen) atoms. The van der Waals surface area contributed by atoms with Crippen LogP contribution in [0.15, 0.2) is 6.20 Å². The van der Waals surface area contributed by atoms with Crippen molar-refractivity contribution in [3.8, 4) is 0 Å². The SMILES string of the molecule is CCN(CC)c1ncc(Cl)c(C(=O)N2C[C@@H](N(C)C)[C@@H](C)C2)n1. The van der Waals surface area contributed by atoms with Gasteiger partial charge in [0.25, 0.3) is 5.91 Å². The summed E-state index contributed by atoms with van der Waals surface area (Å²) in [5, 5.41) is 0.312. The maximum absolute atomic E-state index is 12.8. The van der Waals surface area contributed by atoms with Crippen molar-refractivity contribution in [3.63, 3.8) is 0 Å². The van der Waals surface area contributed by atoms with Crippen LogP contribution in [-0.4, -0.2) is 72.0 Å². The number of hydrogen-bond donors (Lipinski definition) is 0. The molecule has 0 spiro atoms. The molecule has 7 heteroatoms. The van der Waals surface area contributed by atoms with Crippen molar-refractivity contribution in [1.29, 1.82) is 0 Å². The van der Waals surface area contributed by atoms with Crippen molar-refractivity contribution >= 4 is 23.5 Å². The number of aromatic nitrogens is 2. The normalized spacial score (nSPS) is 21.1. The molecule has 0 aromatic carbocycles. The summed E-state index contributed by atoms with van der Waals surface area (Å²) in [6.07, 6.45) is 1.53. The first-order valence-electron chi connectivity index (χ1n) is 8.12. The molecule has 1 aliphatic heterocycles. The molecule has 2 rings (SSSR count). The quantitative estimate of drug-likeness (QED) is 0.821. The Morgan fingerprint density at radius 2 is 2.00 bits per heavy atom. The number of anilines is 1. The predicted octanol–water partition coefficient (Wildman–Crippen LogP) is 2.00. The van der Waals surface area contributed by atoms with Gasteiger partial charge < -0.3 is 14.7 Å². The van der Waals surface area contributed by atoms with Crippen molar-refractivity contribution in [2.45, 2.75) is 26.8 Å². The zero-order valence-corrected chi connectivity index (χ0v) is 15.3. The Balaban J connectivity index is 2.24. The van der Waals surface area contributed by atoms with Gasteiger partial charge in [0.15, 0.2) is 5.69 Å². The molecule has 0 N–H and O–H groups in total. The van der Waals surface area contributed by atoms with Crippen LogP contribution >= 0.6 is 11.6 Å². The second-order valence-corrected chi connectivity index (χ2v) is 6.66. The summed E-state index contributed by atoms with van der Waals surface area (Å²) in [5.74, 6) is 0.873. The van der Waals surface area contributed by atoms with Crippen LogP contribution in [0.1, 0.15) is 31.3 Å². The lowest BCUT2D eigenvalue weighted by molar-refractivity contribution is 0.0775. The average molecular weight is 340 g/mol. The van der Waals surface area contributed by atoms with E-state index in [4.69, 9.17) is 11.6 Å². The summed E-state index contributed by atoms with van der Waals surface area (Å²) < 4.78 is 0. The molecule has 0 aliphatic carbocycles. The minimum atomic E-state index is -0.109. The molecule has 2 heterocycles. The van der Waals surface area contributed by atoms with Crippen LogP contribution < -0.4 is 4.90 Å². The van der Waals surface area contributed by atoms with Crippen molar-refractivity contribution in [2.24, 2.45) is 5.92 Å². The van der Waals surface area contributed by atoms with Crippen LogP contribution in [0.25, 0.3) is 0 Å². The van der Waals surface area contributed by atoms with E-state index in [1.165, 1.54) is 6.20 Å². The van der Waals surface area contributed by atoms with Gasteiger partial charge in [0.1, 0.15) is 0 Å². The molecule has 0 saturated carbocycles. The van der Waals surface area contributed by atoms with Gasteiger partial charge in [-0.1, -0.05) is 18.5 Å². The highest BCUT2D eigenvalue weighted by molar-refractivity contribution is 6.33. The number of likely N-dealkylation sites (N-methyl/N-ethyl adjacent to an activating group) is 1. The highest BCUT2D eigenvalue weighted by atomic mass is 35.5. The number of halogens is 1. The predicted molar refractivity (Wildman–Crippen MR) is 93.1 cm³/mol. The zero-order valence-electron chi connectivity index (χ0n) is 14.6. The number of rotatable bonds is 5. The zero-order chi connectivity index (χ0) is 17.1. The second kappa shape index (κ2) is 7.45. The van der Waals surface area contributed by atoms with Crippen LogP contribution in [0.3, 0.4) is 0 Å². The molecule has 1 aliphatic rings. The van der Waals surface area contributed by atoms with Crippen LogP contribution in [0.5, 0.6) is 0 Å². The van der Waals surface area contributed by atoms with E-state index in [1.54, 1.807) is 0 Å². The first kappa shape index (κ1) is 17.9. The molecular weight excluding hydrogens is 314 g/mol. The van der Waals surface area contributed by atoms with Gasteiger partial charge in [-0.25, -0.2) is 9.97 Å². The molecule has 0 radical (unpaired) electrons. The van der Waals surface area contributed by atoms with Gasteiger partial charge in [0.2, 0.25) is 5.95 Å². The number of carbonyl (C=O) groups is 1. The van der Waals surface area contributed by atoms with E-state index in [-0.39, 0.29) is 5.91 Å². The molecule has 1 fully saturated rings. The lowest BCUT2D eigenvalue weighted by Gasteiger charge is -2.23. The van der Waals surface area contributed by atoms with Gasteiger partial charge in [-0.05, 0) is 33.9 Å². The Labute approximate surface area is 143 Å². The fourth-order valence-electron chi connectivity index (χ4n) is 3.10. The molecule has 1 amide bonds. The molecular formula is C16H26ClN5O. The fourth-order valence-corrected chi connectivity index (χ4v) is 3.28. The third-order valence-corrected chi connectivity index (χ3v) is 4.78. The molecule has 6 nitrogen and oxygen atoms in total. The number of nitrogens with zero attached hydrogens (tertiary/aromatic N) is 5. The monoisotopic (exact) mass is 339 g/mol. The Kier molecular flexibility index (Phi) is 5.81. The van der Waals surface area contributed by atoms with E-state index in [1.807, 2.05) is 37.7 Å². The third kappa shape index (κ3) is 3.75. The minimum absolute atomic E-state index is 0.109. The summed E-state index contributed by atoms with van der Waals surface area (Å²) >= 11 is 6.19. The van der Waals surface area contributed by atoms with Crippen LogP contribution in [0.2, 0.25) is 5.02 Å². The first-order chi connectivity index (χ1) is 10.9. The largest absolute Gasteiger partial charge is 0.341 e. The van der Waals surface area contributed by atoms with E-state index >= 15 is 0 Å². The number of amides is 1. The van der Waals surface area contributed by atoms with E-state index in [2.05, 4.69) is 21.8 Å². The second-order valence-electron chi connectivity index (χ2n) is 6.26. The number of hydrogen-bond acceptors (Lipinski definition) is 5. The van der Waals surface area contributed by atoms with Gasteiger partial charge in [0, 0.05) is 32.2 Å². The summed E-state index contributed by atoms with van der Waals surface area (Å²) in [4.78, 5) is 27.5. The van der Waals surface area contributed by atoms with Crippen LogP contribution in [-0.2, 0) is 0 Å². The Morgan fingerprint density at radius 3 is 2.52 bits per heavy atom. The lowest BCUT2D eigenvalue weighted by atomic mass is 10.1. The molecule has 128 valence electrons. The summed E-state index contributed by atoms with van der Waals surface area (Å²) in [6.45, 7) is 9.24. The topological polar surface area (TPSA) is 52.6 Å². The van der Waals surface area contributed by atoms with E-state index < -0.39 is 0 Å². The first-order valence-corrected chi connectivity index (χ1v) is 8.49. The summed E-state index contributed by atoms with van der Waals surface area (Å²) in [5.41, 5.74) is 0.301. The van der Waals surface area contributed by atoms with E-state index in [9.17, 15) is 4.79 Å². The summed E-state index contributed by atoms with van der Waals surface area (Å²) in [7, 11) is 4.09. The Bertz CT molecular complexity index is 561. The maximum atomic E-state index is 12.8. The van der Waals surface area contributed by atoms with E-state index in [0.29, 0.717) is 35.2 Å². The van der Waals surface area contributed by atoms with Crippen LogP contribution in [0, 0.1) is 5.92 Å². The highest BCUT2D eigenvalue weighted by Gasteiger charge is 2.35. The van der Waals surface area contributed by atoms with Crippen molar-refractivity contribution < 1.29 is 4.79 Å². The molecule has 1 aromatic rings. The third-order valence-electron chi connectivity index (χ3n) is 4.50. The molecule has 0 bridgehead atoms. The molecule has 0 unspecified atom stereocenters. The van der Waals surface area contributed by atoms with Crippen molar-refractivity contribution in [2.75, 3.05) is 45.2 Å². The molecule has 2 atom stereocenters. The standard InChI is InChI=1S/C16H26ClN5O/c1-6-21(7-2)16-18-8-12(17)14(19-16)15(23)22-9-11(3)13(10-22)20(4)5/h8,11,13H,6-7,9-10H2,1-5H3/t11-,13+/m0/s1. The van der Waals surface area contributed by atoms with Gasteiger partial charge in [-0.3, -0.25) is 4.79 Å².